The molecular formula is C26H32N6O5. The van der Waals surface area contributed by atoms with E-state index in [2.05, 4.69) is 20.0 Å². The van der Waals surface area contributed by atoms with Crippen LogP contribution in [0.25, 0.3) is 10.4 Å². The molecule has 1 N–H and O–H groups in total. The lowest BCUT2D eigenvalue weighted by Gasteiger charge is -2.31. The highest BCUT2D eigenvalue weighted by Gasteiger charge is 2.33. The monoisotopic (exact) mass is 508 g/mol. The first-order valence-corrected chi connectivity index (χ1v) is 11.6. The first kappa shape index (κ1) is 27.7. The van der Waals surface area contributed by atoms with Crippen molar-refractivity contribution in [2.75, 3.05) is 39.8 Å². The standard InChI is InChI=1S/C26H32N6O5/c1-32(2)26-28-13-20(14-29-26)24(36-16-18-5-9-21(34-3)10-6-18)25(23(15-33)30-31-27)37-17-19-7-11-22(35-4)12-8-19/h5-14,23-25,33H,15-17H2,1-4H3/t23-,24+,25+/m0/s1. The molecule has 196 valence electrons. The smallest absolute Gasteiger partial charge is 0.224 e. The molecule has 0 amide bonds. The predicted octanol–water partition coefficient (Wildman–Crippen LogP) is 4.07. The highest BCUT2D eigenvalue weighted by atomic mass is 16.5. The third-order valence-electron chi connectivity index (χ3n) is 5.64. The minimum atomic E-state index is -0.919. The second-order valence-corrected chi connectivity index (χ2v) is 8.37. The molecule has 2 aromatic carbocycles. The van der Waals surface area contributed by atoms with Crippen LogP contribution in [0.5, 0.6) is 11.5 Å². The first-order chi connectivity index (χ1) is 18.0. The Morgan fingerprint density at radius 3 is 1.84 bits per heavy atom. The van der Waals surface area contributed by atoms with Crippen LogP contribution < -0.4 is 14.4 Å². The van der Waals surface area contributed by atoms with E-state index < -0.39 is 24.9 Å². The number of benzene rings is 2. The molecule has 0 saturated heterocycles. The number of hydrogen-bond donors (Lipinski definition) is 1. The van der Waals surface area contributed by atoms with Gasteiger partial charge >= 0.3 is 0 Å². The fourth-order valence-electron chi connectivity index (χ4n) is 3.58. The fraction of sp³-hybridized carbons (Fsp3) is 0.385. The van der Waals surface area contributed by atoms with Gasteiger partial charge in [0, 0.05) is 37.0 Å². The Morgan fingerprint density at radius 1 is 0.892 bits per heavy atom. The zero-order chi connectivity index (χ0) is 26.6. The van der Waals surface area contributed by atoms with Gasteiger partial charge in [0.05, 0.1) is 46.2 Å². The van der Waals surface area contributed by atoms with E-state index >= 15 is 0 Å². The van der Waals surface area contributed by atoms with Crippen LogP contribution in [0.2, 0.25) is 0 Å². The van der Waals surface area contributed by atoms with Crippen LogP contribution in [0.15, 0.2) is 66.0 Å². The lowest BCUT2D eigenvalue weighted by Crippen LogP contribution is -2.37. The van der Waals surface area contributed by atoms with E-state index in [0.717, 1.165) is 22.6 Å². The fourth-order valence-corrected chi connectivity index (χ4v) is 3.58. The molecule has 0 spiro atoms. The number of aromatic nitrogens is 2. The van der Waals surface area contributed by atoms with Crippen LogP contribution in [0.3, 0.4) is 0 Å². The summed E-state index contributed by atoms with van der Waals surface area (Å²) in [7, 11) is 6.89. The van der Waals surface area contributed by atoms with Gasteiger partial charge in [-0.15, -0.1) is 0 Å². The van der Waals surface area contributed by atoms with Crippen LogP contribution in [0, 0.1) is 0 Å². The lowest BCUT2D eigenvalue weighted by molar-refractivity contribution is -0.103. The minimum Gasteiger partial charge on any atom is -0.497 e. The normalized spacial score (nSPS) is 13.2. The van der Waals surface area contributed by atoms with Gasteiger partial charge in [-0.25, -0.2) is 9.97 Å². The predicted molar refractivity (Wildman–Crippen MR) is 138 cm³/mol. The van der Waals surface area contributed by atoms with Gasteiger partial charge in [0.2, 0.25) is 5.95 Å². The van der Waals surface area contributed by atoms with Gasteiger partial charge < -0.3 is 29.0 Å². The number of rotatable bonds is 14. The molecule has 3 aromatic rings. The summed E-state index contributed by atoms with van der Waals surface area (Å²) < 4.78 is 23.0. The van der Waals surface area contributed by atoms with Gasteiger partial charge in [-0.05, 0) is 40.9 Å². The Bertz CT molecular complexity index is 1140. The molecule has 0 aliphatic heterocycles. The number of aliphatic hydroxyl groups excluding tert-OH is 1. The van der Waals surface area contributed by atoms with Gasteiger partial charge in [-0.2, -0.15) is 0 Å². The number of ether oxygens (including phenoxy) is 4. The molecule has 11 nitrogen and oxygen atoms in total. The van der Waals surface area contributed by atoms with Crippen LogP contribution in [0.4, 0.5) is 5.95 Å². The second kappa shape index (κ2) is 14.0. The summed E-state index contributed by atoms with van der Waals surface area (Å²) in [4.78, 5) is 13.5. The third kappa shape index (κ3) is 7.80. The molecule has 0 radical (unpaired) electrons. The lowest BCUT2D eigenvalue weighted by atomic mass is 10.0. The summed E-state index contributed by atoms with van der Waals surface area (Å²) in [6.45, 7) is -0.0254. The molecule has 0 saturated carbocycles. The summed E-state index contributed by atoms with van der Waals surface area (Å²) in [6, 6.07) is 14.0. The molecule has 3 rings (SSSR count). The van der Waals surface area contributed by atoms with E-state index in [4.69, 9.17) is 24.5 Å². The zero-order valence-corrected chi connectivity index (χ0v) is 21.4. The number of nitrogens with zero attached hydrogens (tertiary/aromatic N) is 6. The number of hydrogen-bond acceptors (Lipinski definition) is 9. The zero-order valence-electron chi connectivity index (χ0n) is 21.4. The highest BCUT2D eigenvalue weighted by Crippen LogP contribution is 2.30. The summed E-state index contributed by atoms with van der Waals surface area (Å²) in [5.74, 6) is 1.99. The number of azide groups is 1. The molecule has 1 heterocycles. The molecule has 3 atom stereocenters. The third-order valence-corrected chi connectivity index (χ3v) is 5.64. The van der Waals surface area contributed by atoms with E-state index in [-0.39, 0.29) is 13.2 Å². The summed E-state index contributed by atoms with van der Waals surface area (Å²) in [5, 5.41) is 13.9. The minimum absolute atomic E-state index is 0.186. The van der Waals surface area contributed by atoms with Crippen LogP contribution >= 0.6 is 0 Å². The van der Waals surface area contributed by atoms with E-state index in [0.29, 0.717) is 11.5 Å². The van der Waals surface area contributed by atoms with E-state index in [1.165, 1.54) is 0 Å². The van der Waals surface area contributed by atoms with E-state index in [1.807, 2.05) is 62.6 Å². The van der Waals surface area contributed by atoms with Crippen molar-refractivity contribution in [3.8, 4) is 11.5 Å². The second-order valence-electron chi connectivity index (χ2n) is 8.37. The summed E-state index contributed by atoms with van der Waals surface area (Å²) in [6.07, 6.45) is 1.71. The van der Waals surface area contributed by atoms with E-state index in [1.54, 1.807) is 31.5 Å². The number of methoxy groups -OCH3 is 2. The van der Waals surface area contributed by atoms with Gasteiger partial charge in [-0.3, -0.25) is 0 Å². The quantitative estimate of drug-likeness (QED) is 0.196. The SMILES string of the molecule is COc1ccc(CO[C@H]([C@H](CO)N=[N+]=[N-])[C@H](OCc2ccc(OC)cc2)c2cnc(N(C)C)nc2)cc1. The molecule has 0 unspecified atom stereocenters. The van der Waals surface area contributed by atoms with Crippen molar-refractivity contribution < 1.29 is 24.1 Å². The molecule has 0 aliphatic rings. The Hall–Kier alpha value is -3.89. The van der Waals surface area contributed by atoms with E-state index in [9.17, 15) is 5.11 Å². The van der Waals surface area contributed by atoms with Gasteiger partial charge in [0.1, 0.15) is 17.6 Å². The molecule has 0 fully saturated rings. The Morgan fingerprint density at radius 2 is 1.41 bits per heavy atom. The maximum atomic E-state index is 10.1. The largest absolute Gasteiger partial charge is 0.497 e. The summed E-state index contributed by atoms with van der Waals surface area (Å²) in [5.41, 5.74) is 11.5. The summed E-state index contributed by atoms with van der Waals surface area (Å²) >= 11 is 0. The van der Waals surface area contributed by atoms with Crippen molar-refractivity contribution in [2.24, 2.45) is 5.11 Å². The van der Waals surface area contributed by atoms with Crippen molar-refractivity contribution in [1.29, 1.82) is 0 Å². The Balaban J connectivity index is 1.92. The van der Waals surface area contributed by atoms with Crippen LogP contribution in [0.1, 0.15) is 22.8 Å². The topological polar surface area (TPSA) is 135 Å². The van der Waals surface area contributed by atoms with Crippen molar-refractivity contribution in [2.45, 2.75) is 31.5 Å². The van der Waals surface area contributed by atoms with Crippen LogP contribution in [-0.2, 0) is 22.7 Å². The van der Waals surface area contributed by atoms with Crippen molar-refractivity contribution in [3.05, 3.63) is 88.1 Å². The highest BCUT2D eigenvalue weighted by molar-refractivity contribution is 5.29. The van der Waals surface area contributed by atoms with Gasteiger partial charge in [0.25, 0.3) is 0 Å². The van der Waals surface area contributed by atoms with Gasteiger partial charge in [0.15, 0.2) is 0 Å². The molecule has 37 heavy (non-hydrogen) atoms. The molecular weight excluding hydrogens is 476 g/mol. The van der Waals surface area contributed by atoms with Crippen LogP contribution in [-0.4, -0.2) is 62.1 Å². The van der Waals surface area contributed by atoms with Gasteiger partial charge in [-0.1, -0.05) is 29.4 Å². The van der Waals surface area contributed by atoms with Crippen molar-refractivity contribution in [1.82, 2.24) is 9.97 Å². The molecule has 0 bridgehead atoms. The maximum absolute atomic E-state index is 10.1. The first-order valence-electron chi connectivity index (χ1n) is 11.6. The molecule has 0 aliphatic carbocycles. The average molecular weight is 509 g/mol. The maximum Gasteiger partial charge on any atom is 0.224 e. The Kier molecular flexibility index (Phi) is 10.5. The molecule has 11 heteroatoms. The van der Waals surface area contributed by atoms with Crippen molar-refractivity contribution >= 4 is 5.95 Å². The Labute approximate surface area is 216 Å². The average Bonchev–Trinajstić information content (AvgIpc) is 2.94. The number of aliphatic hydroxyl groups is 1. The van der Waals surface area contributed by atoms with Crippen molar-refractivity contribution in [3.63, 3.8) is 0 Å². The number of anilines is 1. The molecule has 1 aromatic heterocycles.